The maximum absolute atomic E-state index is 15.0. The Morgan fingerprint density at radius 1 is 0.955 bits per heavy atom. The van der Waals surface area contributed by atoms with Crippen molar-refractivity contribution in [2.24, 2.45) is 7.05 Å². The Balaban J connectivity index is 1.67. The summed E-state index contributed by atoms with van der Waals surface area (Å²) in [6.45, 7) is 1.45. The Hall–Kier alpha value is -4.11. The number of hydrogen-bond acceptors (Lipinski definition) is 6. The Morgan fingerprint density at radius 2 is 1.57 bits per heavy atom. The molecular formula is C27H19Cl2F5N4O6. The summed E-state index contributed by atoms with van der Waals surface area (Å²) in [7, 11) is 1.19. The third-order valence-corrected chi connectivity index (χ3v) is 9.73. The zero-order valence-electron chi connectivity index (χ0n) is 22.5. The highest BCUT2D eigenvalue weighted by Gasteiger charge is 2.76. The van der Waals surface area contributed by atoms with Crippen LogP contribution in [-0.2, 0) is 23.2 Å². The van der Waals surface area contributed by atoms with Crippen LogP contribution < -0.4 is 21.0 Å². The minimum atomic E-state index is -2.78. The van der Waals surface area contributed by atoms with E-state index in [2.05, 4.69) is 0 Å². The highest BCUT2D eigenvalue weighted by atomic mass is 35.5. The number of imide groups is 1. The lowest BCUT2D eigenvalue weighted by molar-refractivity contribution is -0.122. The fraction of sp³-hybridized carbons (Fsp3) is 0.333. The zero-order valence-corrected chi connectivity index (χ0v) is 24.0. The van der Waals surface area contributed by atoms with Crippen LogP contribution >= 0.6 is 23.2 Å². The van der Waals surface area contributed by atoms with Crippen LogP contribution in [0.2, 0.25) is 0 Å². The molecule has 44 heavy (non-hydrogen) atoms. The molecule has 2 aliphatic heterocycles. The Bertz CT molecular complexity index is 1950. The average molecular weight is 661 g/mol. The van der Waals surface area contributed by atoms with E-state index < -0.39 is 91.8 Å². The van der Waals surface area contributed by atoms with E-state index in [1.165, 1.54) is 31.3 Å². The van der Waals surface area contributed by atoms with E-state index in [0.29, 0.717) is 0 Å². The number of ether oxygens (including phenoxy) is 1. The molecule has 17 heteroatoms. The first-order valence-corrected chi connectivity index (χ1v) is 13.7. The van der Waals surface area contributed by atoms with E-state index >= 15 is 8.78 Å². The molecule has 2 fully saturated rings. The number of amides is 2. The number of allylic oxidation sites excluding steroid dienone is 2. The lowest BCUT2D eigenvalue weighted by Crippen LogP contribution is -2.59. The topological polar surface area (TPSA) is 116 Å². The van der Waals surface area contributed by atoms with Crippen LogP contribution in [0.3, 0.4) is 0 Å². The molecule has 10 nitrogen and oxygen atoms in total. The van der Waals surface area contributed by atoms with E-state index in [4.69, 9.17) is 27.9 Å². The van der Waals surface area contributed by atoms with E-state index in [0.717, 1.165) is 13.9 Å². The number of carbonyl (C=O) groups excluding carboxylic acids is 2. The van der Waals surface area contributed by atoms with E-state index in [1.807, 2.05) is 0 Å². The maximum atomic E-state index is 15.0. The summed E-state index contributed by atoms with van der Waals surface area (Å²) in [5.74, 6) is -18.0. The van der Waals surface area contributed by atoms with Crippen LogP contribution in [0, 0.1) is 29.1 Å². The summed E-state index contributed by atoms with van der Waals surface area (Å²) in [6.07, 6.45) is 0.675. The third kappa shape index (κ3) is 3.47. The largest absolute Gasteiger partial charge is 0.504 e. The Morgan fingerprint density at radius 3 is 2.18 bits per heavy atom. The number of halogens is 7. The number of hydrogen-bond donors (Lipinski definition) is 1. The number of carbonyl (C=O) groups is 2. The summed E-state index contributed by atoms with van der Waals surface area (Å²) in [5, 5.41) is 11.3. The minimum absolute atomic E-state index is 0.0790. The van der Waals surface area contributed by atoms with Crippen LogP contribution in [0.15, 0.2) is 39.4 Å². The van der Waals surface area contributed by atoms with Gasteiger partial charge in [0, 0.05) is 24.9 Å². The van der Waals surface area contributed by atoms with Crippen LogP contribution in [0.25, 0.3) is 0 Å². The predicted molar refractivity (Wildman–Crippen MR) is 144 cm³/mol. The molecular weight excluding hydrogens is 642 g/mol. The van der Waals surface area contributed by atoms with Crippen LogP contribution in [0.5, 0.6) is 11.5 Å². The number of phenolic OH excluding ortho intramolecular Hbond substituents is 1. The molecule has 1 saturated heterocycles. The summed E-state index contributed by atoms with van der Waals surface area (Å²) >= 11 is 13.9. The van der Waals surface area contributed by atoms with Gasteiger partial charge in [0.05, 0.1) is 19.2 Å². The number of benzene rings is 2. The van der Waals surface area contributed by atoms with Gasteiger partial charge in [0.1, 0.15) is 5.69 Å². The summed E-state index contributed by atoms with van der Waals surface area (Å²) in [6, 6.07) is 2.76. The van der Waals surface area contributed by atoms with Gasteiger partial charge in [0.15, 0.2) is 44.5 Å². The van der Waals surface area contributed by atoms with Crippen molar-refractivity contribution >= 4 is 40.7 Å². The van der Waals surface area contributed by atoms with Gasteiger partial charge in [-0.1, -0.05) is 18.2 Å². The van der Waals surface area contributed by atoms with Gasteiger partial charge in [-0.2, -0.15) is 0 Å². The van der Waals surface area contributed by atoms with Gasteiger partial charge in [-0.3, -0.25) is 9.59 Å². The molecule has 0 radical (unpaired) electrons. The first-order chi connectivity index (χ1) is 20.6. The normalized spacial score (nSPS) is 25.9. The van der Waals surface area contributed by atoms with Crippen molar-refractivity contribution in [3.8, 4) is 11.5 Å². The van der Waals surface area contributed by atoms with E-state index in [-0.39, 0.29) is 34.9 Å². The fourth-order valence-electron chi connectivity index (χ4n) is 6.33. The lowest BCUT2D eigenvalue weighted by Gasteiger charge is -2.49. The Kier molecular flexibility index (Phi) is 6.60. The molecule has 0 bridgehead atoms. The summed E-state index contributed by atoms with van der Waals surface area (Å²) in [5.41, 5.74) is -3.57. The molecule has 1 aromatic heterocycles. The van der Waals surface area contributed by atoms with Gasteiger partial charge in [0.25, 0.3) is 11.8 Å². The second kappa shape index (κ2) is 9.69. The molecule has 1 N–H and O–H groups in total. The van der Waals surface area contributed by atoms with Crippen LogP contribution in [-0.4, -0.2) is 47.2 Å². The number of aromatic nitrogens is 3. The van der Waals surface area contributed by atoms with Crippen molar-refractivity contribution in [3.05, 3.63) is 85.5 Å². The number of rotatable bonds is 4. The van der Waals surface area contributed by atoms with Gasteiger partial charge in [-0.25, -0.2) is 50.4 Å². The number of phenols is 1. The molecule has 4 atom stereocenters. The van der Waals surface area contributed by atoms with Crippen molar-refractivity contribution in [1.29, 1.82) is 0 Å². The number of fused-ring (bicyclic) bond motifs is 4. The highest BCUT2D eigenvalue weighted by Crippen LogP contribution is 2.65. The van der Waals surface area contributed by atoms with Crippen molar-refractivity contribution in [1.82, 2.24) is 13.9 Å². The predicted octanol–water partition coefficient (Wildman–Crippen LogP) is 3.35. The molecule has 6 rings (SSSR count). The number of alkyl halides is 2. The second-order valence-corrected chi connectivity index (χ2v) is 11.7. The zero-order chi connectivity index (χ0) is 32.2. The van der Waals surface area contributed by atoms with Gasteiger partial charge in [0.2, 0.25) is 5.82 Å². The van der Waals surface area contributed by atoms with Gasteiger partial charge < -0.3 is 9.84 Å². The smallest absolute Gasteiger partial charge is 0.347 e. The van der Waals surface area contributed by atoms with Crippen molar-refractivity contribution in [3.63, 3.8) is 0 Å². The van der Waals surface area contributed by atoms with Crippen molar-refractivity contribution in [2.45, 2.75) is 41.6 Å². The standard InChI is InChI=1S/C27H19Cl2F5N4O6/c1-3-44-13-6-4-5-11(21(13)39)14-10-7-8-36-24(42)35(2)25(43)38(36)12(10)9-26(28)22(40)37(23(41)27(14,26)29)20-18(33)16(31)15(30)17(32)19(20)34/h4-7,12,14,39H,3,8-9H2,1-2H3. The number of para-hydroxylation sites is 1. The fourth-order valence-corrected chi connectivity index (χ4v) is 7.23. The van der Waals surface area contributed by atoms with Crippen LogP contribution in [0.1, 0.15) is 30.9 Å². The van der Waals surface area contributed by atoms with Crippen molar-refractivity contribution < 1.29 is 41.4 Å². The molecule has 3 heterocycles. The quantitative estimate of drug-likeness (QED) is 0.115. The first kappa shape index (κ1) is 29.9. The van der Waals surface area contributed by atoms with Gasteiger partial charge in [-0.15, -0.1) is 23.2 Å². The molecule has 3 aliphatic rings. The van der Waals surface area contributed by atoms with Crippen LogP contribution in [0.4, 0.5) is 27.6 Å². The SMILES string of the molecule is CCOc1cccc(C2C3=CCn4c(=O)n(C)c(=O)n4C3CC3(Cl)C(=O)N(c4c(F)c(F)c(F)c(F)c4F)C(=O)C23Cl)c1O. The number of anilines is 1. The molecule has 1 saturated carbocycles. The second-order valence-electron chi connectivity index (χ2n) is 10.4. The molecule has 4 unspecified atom stereocenters. The molecule has 2 aromatic carbocycles. The first-order valence-electron chi connectivity index (χ1n) is 13.0. The lowest BCUT2D eigenvalue weighted by atomic mass is 9.64. The highest BCUT2D eigenvalue weighted by molar-refractivity contribution is 6.58. The number of aromatic hydroxyl groups is 1. The molecule has 0 spiro atoms. The molecule has 2 amide bonds. The maximum Gasteiger partial charge on any atom is 0.347 e. The summed E-state index contributed by atoms with van der Waals surface area (Å²) < 4.78 is 80.7. The van der Waals surface area contributed by atoms with E-state index in [1.54, 1.807) is 6.92 Å². The van der Waals surface area contributed by atoms with Gasteiger partial charge >= 0.3 is 11.4 Å². The Labute approximate surface area is 253 Å². The monoisotopic (exact) mass is 660 g/mol. The molecule has 1 aliphatic carbocycles. The van der Waals surface area contributed by atoms with Gasteiger partial charge in [-0.05, 0) is 18.6 Å². The molecule has 232 valence electrons. The summed E-state index contributed by atoms with van der Waals surface area (Å²) in [4.78, 5) is 48.3. The average Bonchev–Trinajstić information content (AvgIpc) is 3.30. The molecule has 3 aromatic rings. The number of nitrogens with zero attached hydrogens (tertiary/aromatic N) is 4. The van der Waals surface area contributed by atoms with E-state index in [9.17, 15) is 37.5 Å². The van der Waals surface area contributed by atoms with Crippen molar-refractivity contribution in [2.75, 3.05) is 11.5 Å². The minimum Gasteiger partial charge on any atom is -0.504 e. The third-order valence-electron chi connectivity index (χ3n) is 8.32.